The summed E-state index contributed by atoms with van der Waals surface area (Å²) in [5.41, 5.74) is 2.53. The average Bonchev–Trinajstić information content (AvgIpc) is 3.19. The Kier molecular flexibility index (Phi) is 4.19. The standard InChI is InChI=1S/C16H21N5/c1-17-16(20-15-6-7-15)19-10-13-2-4-14(5-3-13)11-21-9-8-18-12-21/h2-5,8-9,12,15H,6-7,10-11H2,1H3,(H2,17,19,20). The maximum atomic E-state index is 4.23. The van der Waals surface area contributed by atoms with E-state index in [1.165, 1.54) is 24.0 Å². The number of guanidine groups is 1. The zero-order valence-corrected chi connectivity index (χ0v) is 12.3. The van der Waals surface area contributed by atoms with Crippen LogP contribution < -0.4 is 10.6 Å². The molecule has 1 saturated carbocycles. The molecule has 5 heteroatoms. The van der Waals surface area contributed by atoms with Crippen LogP contribution in [-0.2, 0) is 13.1 Å². The van der Waals surface area contributed by atoms with Crippen LogP contribution in [0.3, 0.4) is 0 Å². The minimum Gasteiger partial charge on any atom is -0.354 e. The fourth-order valence-electron chi connectivity index (χ4n) is 2.16. The first-order chi connectivity index (χ1) is 10.3. The van der Waals surface area contributed by atoms with Gasteiger partial charge in [-0.3, -0.25) is 4.99 Å². The number of nitrogens with one attached hydrogen (secondary N) is 2. The van der Waals surface area contributed by atoms with Gasteiger partial charge in [-0.1, -0.05) is 24.3 Å². The van der Waals surface area contributed by atoms with Gasteiger partial charge < -0.3 is 15.2 Å². The lowest BCUT2D eigenvalue weighted by Gasteiger charge is -2.11. The van der Waals surface area contributed by atoms with Gasteiger partial charge in [-0.15, -0.1) is 0 Å². The summed E-state index contributed by atoms with van der Waals surface area (Å²) >= 11 is 0. The molecule has 1 aromatic carbocycles. The maximum absolute atomic E-state index is 4.23. The van der Waals surface area contributed by atoms with Crippen LogP contribution in [0.15, 0.2) is 48.0 Å². The molecule has 110 valence electrons. The molecule has 2 aromatic rings. The minimum absolute atomic E-state index is 0.619. The largest absolute Gasteiger partial charge is 0.354 e. The van der Waals surface area contributed by atoms with Gasteiger partial charge in [0.05, 0.1) is 6.33 Å². The molecule has 0 bridgehead atoms. The Bertz CT molecular complexity index is 582. The third kappa shape index (κ3) is 4.08. The molecule has 0 amide bonds. The zero-order valence-electron chi connectivity index (χ0n) is 12.3. The lowest BCUT2D eigenvalue weighted by molar-refractivity contribution is 0.791. The molecular weight excluding hydrogens is 262 g/mol. The highest BCUT2D eigenvalue weighted by Crippen LogP contribution is 2.18. The van der Waals surface area contributed by atoms with Crippen molar-refractivity contribution in [1.82, 2.24) is 20.2 Å². The smallest absolute Gasteiger partial charge is 0.191 e. The van der Waals surface area contributed by atoms with Crippen LogP contribution >= 0.6 is 0 Å². The molecule has 5 nitrogen and oxygen atoms in total. The van der Waals surface area contributed by atoms with Crippen LogP contribution in [0.25, 0.3) is 0 Å². The van der Waals surface area contributed by atoms with Crippen molar-refractivity contribution in [1.29, 1.82) is 0 Å². The fourth-order valence-corrected chi connectivity index (χ4v) is 2.16. The highest BCUT2D eigenvalue weighted by Gasteiger charge is 2.21. The molecular formula is C16H21N5. The average molecular weight is 283 g/mol. The molecule has 1 aliphatic rings. The van der Waals surface area contributed by atoms with Crippen LogP contribution in [-0.4, -0.2) is 28.6 Å². The maximum Gasteiger partial charge on any atom is 0.191 e. The van der Waals surface area contributed by atoms with Gasteiger partial charge in [0.15, 0.2) is 5.96 Å². The molecule has 0 atom stereocenters. The molecule has 2 N–H and O–H groups in total. The van der Waals surface area contributed by atoms with Crippen molar-refractivity contribution in [3.63, 3.8) is 0 Å². The van der Waals surface area contributed by atoms with E-state index >= 15 is 0 Å². The van der Waals surface area contributed by atoms with E-state index in [4.69, 9.17) is 0 Å². The van der Waals surface area contributed by atoms with E-state index in [9.17, 15) is 0 Å². The van der Waals surface area contributed by atoms with Crippen molar-refractivity contribution in [2.75, 3.05) is 7.05 Å². The van der Waals surface area contributed by atoms with Gasteiger partial charge in [-0.25, -0.2) is 4.98 Å². The summed E-state index contributed by atoms with van der Waals surface area (Å²) in [6, 6.07) is 9.25. The van der Waals surface area contributed by atoms with Gasteiger partial charge in [0, 0.05) is 38.6 Å². The minimum atomic E-state index is 0.619. The second-order valence-electron chi connectivity index (χ2n) is 5.40. The Morgan fingerprint density at radius 3 is 2.67 bits per heavy atom. The van der Waals surface area contributed by atoms with Crippen LogP contribution in [0.1, 0.15) is 24.0 Å². The third-order valence-corrected chi connectivity index (χ3v) is 3.55. The summed E-state index contributed by atoms with van der Waals surface area (Å²) in [5, 5.41) is 6.73. The van der Waals surface area contributed by atoms with Crippen LogP contribution in [0.2, 0.25) is 0 Å². The van der Waals surface area contributed by atoms with Gasteiger partial charge in [-0.05, 0) is 24.0 Å². The molecule has 0 unspecified atom stereocenters. The van der Waals surface area contributed by atoms with Gasteiger partial charge in [0.25, 0.3) is 0 Å². The lowest BCUT2D eigenvalue weighted by Crippen LogP contribution is -2.38. The van der Waals surface area contributed by atoms with Crippen LogP contribution in [0.4, 0.5) is 0 Å². The van der Waals surface area contributed by atoms with Crippen molar-refractivity contribution in [3.05, 3.63) is 54.1 Å². The molecule has 21 heavy (non-hydrogen) atoms. The predicted molar refractivity (Wildman–Crippen MR) is 84.1 cm³/mol. The van der Waals surface area contributed by atoms with E-state index in [0.717, 1.165) is 19.0 Å². The number of aromatic nitrogens is 2. The van der Waals surface area contributed by atoms with Crippen LogP contribution in [0, 0.1) is 0 Å². The highest BCUT2D eigenvalue weighted by molar-refractivity contribution is 5.80. The topological polar surface area (TPSA) is 54.2 Å². The van der Waals surface area contributed by atoms with Crippen molar-refractivity contribution in [3.8, 4) is 0 Å². The van der Waals surface area contributed by atoms with E-state index in [2.05, 4.69) is 49.4 Å². The van der Waals surface area contributed by atoms with Crippen molar-refractivity contribution >= 4 is 5.96 Å². The van der Waals surface area contributed by atoms with Crippen LogP contribution in [0.5, 0.6) is 0 Å². The normalized spacial score (nSPS) is 15.0. The quantitative estimate of drug-likeness (QED) is 0.649. The molecule has 1 aliphatic carbocycles. The molecule has 3 rings (SSSR count). The Morgan fingerprint density at radius 2 is 2.05 bits per heavy atom. The lowest BCUT2D eigenvalue weighted by atomic mass is 10.1. The monoisotopic (exact) mass is 283 g/mol. The molecule has 0 aliphatic heterocycles. The van der Waals surface area contributed by atoms with E-state index in [-0.39, 0.29) is 0 Å². The van der Waals surface area contributed by atoms with Gasteiger partial charge in [0.2, 0.25) is 0 Å². The number of aliphatic imine (C=N–C) groups is 1. The summed E-state index contributed by atoms with van der Waals surface area (Å²) < 4.78 is 2.06. The number of hydrogen-bond acceptors (Lipinski definition) is 2. The first kappa shape index (κ1) is 13.7. The van der Waals surface area contributed by atoms with Gasteiger partial charge in [-0.2, -0.15) is 0 Å². The van der Waals surface area contributed by atoms with Crippen molar-refractivity contribution in [2.45, 2.75) is 32.0 Å². The number of rotatable bonds is 5. The molecule has 0 spiro atoms. The predicted octanol–water partition coefficient (Wildman–Crippen LogP) is 1.76. The van der Waals surface area contributed by atoms with Gasteiger partial charge >= 0.3 is 0 Å². The van der Waals surface area contributed by atoms with Gasteiger partial charge in [0.1, 0.15) is 0 Å². The second-order valence-corrected chi connectivity index (χ2v) is 5.40. The number of hydrogen-bond donors (Lipinski definition) is 2. The Balaban J connectivity index is 1.51. The van der Waals surface area contributed by atoms with E-state index in [1.54, 1.807) is 6.20 Å². The number of imidazole rings is 1. The Morgan fingerprint density at radius 1 is 1.29 bits per heavy atom. The highest BCUT2D eigenvalue weighted by atomic mass is 15.2. The summed E-state index contributed by atoms with van der Waals surface area (Å²) in [7, 11) is 1.81. The summed E-state index contributed by atoms with van der Waals surface area (Å²) in [6.45, 7) is 1.65. The number of nitrogens with zero attached hydrogens (tertiary/aromatic N) is 3. The van der Waals surface area contributed by atoms with Crippen molar-refractivity contribution in [2.24, 2.45) is 4.99 Å². The molecule has 0 saturated heterocycles. The summed E-state index contributed by atoms with van der Waals surface area (Å²) in [4.78, 5) is 8.29. The Labute approximate surface area is 125 Å². The molecule has 1 heterocycles. The first-order valence-corrected chi connectivity index (χ1v) is 7.34. The van der Waals surface area contributed by atoms with E-state index in [1.807, 2.05) is 19.6 Å². The summed E-state index contributed by atoms with van der Waals surface area (Å²) in [6.07, 6.45) is 8.12. The van der Waals surface area contributed by atoms with E-state index in [0.29, 0.717) is 6.04 Å². The molecule has 1 fully saturated rings. The number of benzene rings is 1. The van der Waals surface area contributed by atoms with Crippen molar-refractivity contribution < 1.29 is 0 Å². The SMILES string of the molecule is CN=C(NCc1ccc(Cn2ccnc2)cc1)NC1CC1. The molecule has 1 aromatic heterocycles. The Hall–Kier alpha value is -2.30. The van der Waals surface area contributed by atoms with E-state index < -0.39 is 0 Å². The molecule has 0 radical (unpaired) electrons. The first-order valence-electron chi connectivity index (χ1n) is 7.34. The summed E-state index contributed by atoms with van der Waals surface area (Å²) in [5.74, 6) is 0.889. The fraction of sp³-hybridized carbons (Fsp3) is 0.375. The second kappa shape index (κ2) is 6.43. The zero-order chi connectivity index (χ0) is 14.5. The third-order valence-electron chi connectivity index (χ3n) is 3.55.